The van der Waals surface area contributed by atoms with Gasteiger partial charge in [-0.1, -0.05) is 30.3 Å². The lowest BCUT2D eigenvalue weighted by Gasteiger charge is -1.96. The van der Waals surface area contributed by atoms with Crippen LogP contribution in [-0.2, 0) is 9.59 Å². The number of carboxylic acids is 1. The van der Waals surface area contributed by atoms with Crippen molar-refractivity contribution in [2.24, 2.45) is 0 Å². The van der Waals surface area contributed by atoms with E-state index in [4.69, 9.17) is 5.11 Å². The largest absolute Gasteiger partial charge is 0.478 e. The average molecular weight is 190 g/mol. The highest BCUT2D eigenvalue weighted by Gasteiger charge is 2.11. The van der Waals surface area contributed by atoms with E-state index >= 15 is 0 Å². The van der Waals surface area contributed by atoms with Gasteiger partial charge in [0.1, 0.15) is 5.57 Å². The highest BCUT2D eigenvalue weighted by molar-refractivity contribution is 6.19. The number of rotatable bonds is 3. The Morgan fingerprint density at radius 2 is 1.79 bits per heavy atom. The van der Waals surface area contributed by atoms with Crippen molar-refractivity contribution in [3.05, 3.63) is 41.5 Å². The Morgan fingerprint density at radius 1 is 1.21 bits per heavy atom. The predicted molar refractivity (Wildman–Crippen MR) is 52.7 cm³/mol. The molecule has 0 spiro atoms. The van der Waals surface area contributed by atoms with Crippen LogP contribution in [0.4, 0.5) is 0 Å². The molecular weight excluding hydrogens is 180 g/mol. The van der Waals surface area contributed by atoms with Crippen molar-refractivity contribution in [2.75, 3.05) is 0 Å². The van der Waals surface area contributed by atoms with Crippen LogP contribution >= 0.6 is 0 Å². The van der Waals surface area contributed by atoms with Crippen LogP contribution in [0, 0.1) is 0 Å². The van der Waals surface area contributed by atoms with Crippen LogP contribution in [0.5, 0.6) is 0 Å². The van der Waals surface area contributed by atoms with Gasteiger partial charge in [0.05, 0.1) is 0 Å². The Morgan fingerprint density at radius 3 is 2.21 bits per heavy atom. The molecule has 0 radical (unpaired) electrons. The summed E-state index contributed by atoms with van der Waals surface area (Å²) >= 11 is 0. The number of aliphatic carboxylic acids is 1. The quantitative estimate of drug-likeness (QED) is 0.448. The van der Waals surface area contributed by atoms with Gasteiger partial charge in [0.15, 0.2) is 5.78 Å². The predicted octanol–water partition coefficient (Wildman–Crippen LogP) is 1.74. The van der Waals surface area contributed by atoms with E-state index in [1.165, 1.54) is 13.0 Å². The van der Waals surface area contributed by atoms with Gasteiger partial charge in [-0.15, -0.1) is 0 Å². The van der Waals surface area contributed by atoms with Gasteiger partial charge >= 0.3 is 5.97 Å². The number of Topliss-reactive ketones (excluding diaryl/α,β-unsaturated/α-hetero) is 1. The molecule has 0 aromatic heterocycles. The first kappa shape index (κ1) is 10.2. The summed E-state index contributed by atoms with van der Waals surface area (Å²) in [4.78, 5) is 21.6. The molecule has 0 atom stereocenters. The van der Waals surface area contributed by atoms with E-state index < -0.39 is 11.8 Å². The van der Waals surface area contributed by atoms with Crippen molar-refractivity contribution in [1.82, 2.24) is 0 Å². The molecule has 0 aliphatic rings. The summed E-state index contributed by atoms with van der Waals surface area (Å²) in [6.45, 7) is 1.24. The van der Waals surface area contributed by atoms with Crippen LogP contribution in [0.1, 0.15) is 12.5 Å². The Labute approximate surface area is 81.7 Å². The Balaban J connectivity index is 3.06. The summed E-state index contributed by atoms with van der Waals surface area (Å²) in [5.41, 5.74) is 0.510. The van der Waals surface area contributed by atoms with Crippen LogP contribution in [0.2, 0.25) is 0 Å². The third kappa shape index (κ3) is 2.55. The number of hydrogen-bond donors (Lipinski definition) is 1. The summed E-state index contributed by atoms with van der Waals surface area (Å²) in [6.07, 6.45) is 1.37. The van der Waals surface area contributed by atoms with E-state index in [1.807, 2.05) is 6.07 Å². The first-order valence-electron chi connectivity index (χ1n) is 4.12. The third-order valence-corrected chi connectivity index (χ3v) is 1.72. The second kappa shape index (κ2) is 4.37. The van der Waals surface area contributed by atoms with Crippen LogP contribution in [-0.4, -0.2) is 16.9 Å². The minimum absolute atomic E-state index is 0.198. The minimum atomic E-state index is -1.19. The summed E-state index contributed by atoms with van der Waals surface area (Å²) in [5.74, 6) is -1.64. The lowest BCUT2D eigenvalue weighted by Crippen LogP contribution is -2.08. The van der Waals surface area contributed by atoms with E-state index in [0.717, 1.165) is 0 Å². The van der Waals surface area contributed by atoms with E-state index in [-0.39, 0.29) is 5.57 Å². The molecule has 0 fully saturated rings. The fourth-order valence-corrected chi connectivity index (χ4v) is 1.03. The first-order chi connectivity index (χ1) is 6.61. The van der Waals surface area contributed by atoms with E-state index in [0.29, 0.717) is 5.56 Å². The maximum absolute atomic E-state index is 10.9. The number of carbonyl (C=O) groups excluding carboxylic acids is 1. The second-order valence-corrected chi connectivity index (χ2v) is 2.83. The summed E-state index contributed by atoms with van der Waals surface area (Å²) in [7, 11) is 0. The molecular formula is C11H10O3. The lowest BCUT2D eigenvalue weighted by molar-refractivity contribution is -0.134. The van der Waals surface area contributed by atoms with Crippen molar-refractivity contribution in [1.29, 1.82) is 0 Å². The number of benzene rings is 1. The van der Waals surface area contributed by atoms with Crippen molar-refractivity contribution in [3.63, 3.8) is 0 Å². The van der Waals surface area contributed by atoms with Crippen molar-refractivity contribution >= 4 is 17.8 Å². The van der Waals surface area contributed by atoms with Gasteiger partial charge in [-0.2, -0.15) is 0 Å². The monoisotopic (exact) mass is 190 g/mol. The summed E-state index contributed by atoms with van der Waals surface area (Å²) in [6, 6.07) is 8.88. The molecule has 1 rings (SSSR count). The van der Waals surface area contributed by atoms with Gasteiger partial charge < -0.3 is 5.11 Å². The molecule has 0 aliphatic carbocycles. The van der Waals surface area contributed by atoms with Crippen LogP contribution < -0.4 is 0 Å². The van der Waals surface area contributed by atoms with Crippen LogP contribution in [0.15, 0.2) is 35.9 Å². The molecule has 3 nitrogen and oxygen atoms in total. The topological polar surface area (TPSA) is 54.4 Å². The van der Waals surface area contributed by atoms with E-state index in [9.17, 15) is 9.59 Å². The van der Waals surface area contributed by atoms with E-state index in [2.05, 4.69) is 0 Å². The molecule has 0 saturated carbocycles. The maximum Gasteiger partial charge on any atom is 0.339 e. The maximum atomic E-state index is 10.9. The Kier molecular flexibility index (Phi) is 3.18. The molecule has 72 valence electrons. The van der Waals surface area contributed by atoms with Crippen molar-refractivity contribution < 1.29 is 14.7 Å². The highest BCUT2D eigenvalue weighted by Crippen LogP contribution is 2.07. The van der Waals surface area contributed by atoms with Gasteiger partial charge in [-0.25, -0.2) is 4.79 Å². The summed E-state index contributed by atoms with van der Waals surface area (Å²) < 4.78 is 0. The van der Waals surface area contributed by atoms with Crippen LogP contribution in [0.3, 0.4) is 0 Å². The highest BCUT2D eigenvalue weighted by atomic mass is 16.4. The van der Waals surface area contributed by atoms with Gasteiger partial charge in [-0.3, -0.25) is 4.79 Å². The molecule has 0 heterocycles. The molecule has 0 saturated heterocycles. The molecule has 0 unspecified atom stereocenters. The van der Waals surface area contributed by atoms with Gasteiger partial charge in [0, 0.05) is 0 Å². The number of ketones is 1. The fourth-order valence-electron chi connectivity index (χ4n) is 1.03. The number of carboxylic acid groups (broad SMARTS) is 1. The fraction of sp³-hybridized carbons (Fsp3) is 0.0909. The molecule has 0 aliphatic heterocycles. The molecule has 3 heteroatoms. The summed E-state index contributed by atoms with van der Waals surface area (Å²) in [5, 5.41) is 8.72. The standard InChI is InChI=1S/C11H10O3/c1-8(12)10(11(13)14)7-9-5-3-2-4-6-9/h2-7H,1H3,(H,13,14)/b10-7+. The molecule has 1 N–H and O–H groups in total. The molecule has 0 bridgehead atoms. The van der Waals surface area contributed by atoms with E-state index in [1.54, 1.807) is 24.3 Å². The average Bonchev–Trinajstić information content (AvgIpc) is 2.15. The van der Waals surface area contributed by atoms with Crippen molar-refractivity contribution in [2.45, 2.75) is 6.92 Å². The van der Waals surface area contributed by atoms with Gasteiger partial charge in [-0.05, 0) is 18.6 Å². The molecule has 1 aromatic rings. The Hall–Kier alpha value is -1.90. The SMILES string of the molecule is CC(=O)/C(=C\c1ccccc1)C(=O)O. The molecule has 14 heavy (non-hydrogen) atoms. The number of hydrogen-bond acceptors (Lipinski definition) is 2. The second-order valence-electron chi connectivity index (χ2n) is 2.83. The zero-order valence-corrected chi connectivity index (χ0v) is 7.73. The number of carbonyl (C=O) groups is 2. The first-order valence-corrected chi connectivity index (χ1v) is 4.12. The third-order valence-electron chi connectivity index (χ3n) is 1.72. The normalized spacial score (nSPS) is 11.1. The zero-order chi connectivity index (χ0) is 10.6. The lowest BCUT2D eigenvalue weighted by atomic mass is 10.1. The Bertz CT molecular complexity index is 361. The smallest absolute Gasteiger partial charge is 0.339 e. The molecule has 0 amide bonds. The minimum Gasteiger partial charge on any atom is -0.478 e. The van der Waals surface area contributed by atoms with Crippen LogP contribution in [0.25, 0.3) is 6.08 Å². The van der Waals surface area contributed by atoms with Crippen molar-refractivity contribution in [3.8, 4) is 0 Å². The molecule has 1 aromatic carbocycles. The van der Waals surface area contributed by atoms with Gasteiger partial charge in [0.25, 0.3) is 0 Å². The van der Waals surface area contributed by atoms with Gasteiger partial charge in [0.2, 0.25) is 0 Å². The zero-order valence-electron chi connectivity index (χ0n) is 7.73.